The highest BCUT2D eigenvalue weighted by molar-refractivity contribution is 5.91. The van der Waals surface area contributed by atoms with Crippen LogP contribution in [0.4, 0.5) is 0 Å². The van der Waals surface area contributed by atoms with Gasteiger partial charge in [0.05, 0.1) is 1.37 Å². The molecule has 4 rings (SSSR count). The molecule has 0 radical (unpaired) electrons. The number of carbonyl (C=O) groups is 1. The molecule has 1 N–H and O–H groups in total. The Balaban J connectivity index is 1.87. The molecular formula is C21H26O2. The second-order valence-electron chi connectivity index (χ2n) is 7.20. The Morgan fingerprint density at radius 2 is 2.30 bits per heavy atom. The van der Waals surface area contributed by atoms with Crippen molar-refractivity contribution in [1.29, 1.82) is 0 Å². The third kappa shape index (κ3) is 1.89. The van der Waals surface area contributed by atoms with Crippen molar-refractivity contribution in [3.8, 4) is 12.3 Å². The molecule has 0 aromatic heterocycles. The first-order chi connectivity index (χ1) is 13.3. The summed E-state index contributed by atoms with van der Waals surface area (Å²) in [4.78, 5) is 12.4. The summed E-state index contributed by atoms with van der Waals surface area (Å²) in [5.41, 5.74) is -2.22. The molecule has 0 bridgehead atoms. The van der Waals surface area contributed by atoms with Crippen LogP contribution in [0.3, 0.4) is 0 Å². The number of rotatable bonds is 1. The summed E-state index contributed by atoms with van der Waals surface area (Å²) >= 11 is 0. The number of hydrogen-bond donors (Lipinski definition) is 1. The zero-order valence-corrected chi connectivity index (χ0v) is 13.4. The first-order valence-corrected chi connectivity index (χ1v) is 8.46. The summed E-state index contributed by atoms with van der Waals surface area (Å²) in [5.74, 6) is -1.13. The lowest BCUT2D eigenvalue weighted by Crippen LogP contribution is -2.54. The first-order valence-electron chi connectivity index (χ1n) is 11.5. The number of aliphatic hydroxyl groups is 1. The average Bonchev–Trinajstić information content (AvgIpc) is 2.93. The minimum absolute atomic E-state index is 0.0314. The van der Waals surface area contributed by atoms with E-state index in [0.29, 0.717) is 19.3 Å². The molecule has 0 aromatic carbocycles. The lowest BCUT2D eigenvalue weighted by Gasteiger charge is -2.55. The Morgan fingerprint density at radius 1 is 1.48 bits per heavy atom. The molecule has 2 nitrogen and oxygen atoms in total. The van der Waals surface area contributed by atoms with Crippen LogP contribution >= 0.6 is 0 Å². The van der Waals surface area contributed by atoms with Crippen LogP contribution < -0.4 is 0 Å². The van der Waals surface area contributed by atoms with Crippen LogP contribution in [0.1, 0.15) is 60.0 Å². The van der Waals surface area contributed by atoms with E-state index in [2.05, 4.69) is 5.92 Å². The molecule has 4 aliphatic carbocycles. The summed E-state index contributed by atoms with van der Waals surface area (Å²) in [6.07, 6.45) is 5.95. The normalized spacial score (nSPS) is 59.9. The van der Waals surface area contributed by atoms with Crippen LogP contribution in [0.2, 0.25) is 0 Å². The second kappa shape index (κ2) is 5.08. The molecular weight excluding hydrogens is 284 g/mol. The molecule has 4 aliphatic rings. The van der Waals surface area contributed by atoms with Crippen LogP contribution in [-0.4, -0.2) is 16.5 Å². The van der Waals surface area contributed by atoms with Crippen molar-refractivity contribution < 1.29 is 18.1 Å². The SMILES string of the molecule is [2H]C1=C2C([2H])([2H])C[C@H]3[C@@H]4C=C[C@@](O)(C#C)[C@@]4(CC)CC[C@@H]3[C@@]2([2H])CC([2H])([2H])C1=O. The van der Waals surface area contributed by atoms with E-state index in [1.165, 1.54) is 0 Å². The maximum Gasteiger partial charge on any atom is 0.155 e. The molecule has 0 amide bonds. The van der Waals surface area contributed by atoms with Crippen LogP contribution in [0.5, 0.6) is 0 Å². The smallest absolute Gasteiger partial charge is 0.155 e. The Hall–Kier alpha value is -1.33. The molecule has 0 aliphatic heterocycles. The Kier molecular flexibility index (Phi) is 2.17. The highest BCUT2D eigenvalue weighted by Gasteiger charge is 2.61. The molecule has 6 atom stereocenters. The summed E-state index contributed by atoms with van der Waals surface area (Å²) in [6.45, 7) is 1.96. The van der Waals surface area contributed by atoms with Gasteiger partial charge in [-0.2, -0.15) is 0 Å². The quantitative estimate of drug-likeness (QED) is 0.592. The highest BCUT2D eigenvalue weighted by Crippen LogP contribution is 2.63. The molecule has 0 aromatic rings. The summed E-state index contributed by atoms with van der Waals surface area (Å²) in [7, 11) is 0. The van der Waals surface area contributed by atoms with Gasteiger partial charge in [0.15, 0.2) is 5.78 Å². The van der Waals surface area contributed by atoms with E-state index in [1.54, 1.807) is 6.08 Å². The fraction of sp³-hybridized carbons (Fsp3) is 0.667. The number of allylic oxidation sites excluding steroid dienone is 3. The van der Waals surface area contributed by atoms with Crippen molar-refractivity contribution in [2.24, 2.45) is 29.1 Å². The van der Waals surface area contributed by atoms with Gasteiger partial charge in [0.2, 0.25) is 0 Å². The van der Waals surface area contributed by atoms with Gasteiger partial charge in [0, 0.05) is 18.6 Å². The minimum Gasteiger partial charge on any atom is -0.373 e. The maximum atomic E-state index is 12.4. The van der Waals surface area contributed by atoms with Gasteiger partial charge in [0.25, 0.3) is 0 Å². The van der Waals surface area contributed by atoms with Gasteiger partial charge in [-0.05, 0) is 74.3 Å². The Bertz CT molecular complexity index is 886. The molecule has 122 valence electrons. The molecule has 0 heterocycles. The third-order valence-corrected chi connectivity index (χ3v) is 6.63. The van der Waals surface area contributed by atoms with Gasteiger partial charge in [-0.15, -0.1) is 6.42 Å². The number of hydrogen-bond acceptors (Lipinski definition) is 2. The van der Waals surface area contributed by atoms with E-state index in [1.807, 2.05) is 13.0 Å². The number of carbonyl (C=O) groups excluding carboxylic acids is 1. The van der Waals surface area contributed by atoms with Crippen LogP contribution in [0.15, 0.2) is 23.8 Å². The van der Waals surface area contributed by atoms with E-state index >= 15 is 0 Å². The third-order valence-electron chi connectivity index (χ3n) is 6.63. The topological polar surface area (TPSA) is 37.3 Å². The van der Waals surface area contributed by atoms with Crippen LogP contribution in [0.25, 0.3) is 0 Å². The van der Waals surface area contributed by atoms with Crippen molar-refractivity contribution in [1.82, 2.24) is 0 Å². The van der Waals surface area contributed by atoms with Crippen molar-refractivity contribution >= 4 is 5.78 Å². The number of ketones is 1. The van der Waals surface area contributed by atoms with Crippen LogP contribution in [0, 0.1) is 41.4 Å². The van der Waals surface area contributed by atoms with Gasteiger partial charge in [0.1, 0.15) is 5.60 Å². The van der Waals surface area contributed by atoms with Gasteiger partial charge >= 0.3 is 0 Å². The lowest BCUT2D eigenvalue weighted by atomic mass is 9.49. The molecule has 0 unspecified atom stereocenters. The van der Waals surface area contributed by atoms with Crippen molar-refractivity contribution in [2.75, 3.05) is 0 Å². The van der Waals surface area contributed by atoms with E-state index in [-0.39, 0.29) is 23.8 Å². The fourth-order valence-corrected chi connectivity index (χ4v) is 5.41. The summed E-state index contributed by atoms with van der Waals surface area (Å²) < 4.78 is 50.9. The molecule has 0 spiro atoms. The monoisotopic (exact) mass is 316 g/mol. The van der Waals surface area contributed by atoms with Crippen molar-refractivity contribution in [3.63, 3.8) is 0 Å². The van der Waals surface area contributed by atoms with Gasteiger partial charge in [-0.1, -0.05) is 24.5 Å². The van der Waals surface area contributed by atoms with Crippen molar-refractivity contribution in [2.45, 2.75) is 57.4 Å². The second-order valence-corrected chi connectivity index (χ2v) is 7.20. The van der Waals surface area contributed by atoms with Gasteiger partial charge in [-0.25, -0.2) is 0 Å². The lowest BCUT2D eigenvalue weighted by molar-refractivity contribution is -0.116. The molecule has 2 fully saturated rings. The zero-order chi connectivity index (χ0) is 21.6. The fourth-order valence-electron chi connectivity index (χ4n) is 5.41. The molecule has 0 saturated heterocycles. The van der Waals surface area contributed by atoms with E-state index in [9.17, 15) is 11.3 Å². The summed E-state index contributed by atoms with van der Waals surface area (Å²) in [6, 6.07) is -0.672. The Labute approximate surface area is 147 Å². The largest absolute Gasteiger partial charge is 0.373 e. The van der Waals surface area contributed by atoms with E-state index in [0.717, 1.165) is 0 Å². The average molecular weight is 316 g/mol. The predicted octanol–water partition coefficient (Wildman–Crippen LogP) is 3.66. The van der Waals surface area contributed by atoms with E-state index in [4.69, 9.17) is 13.3 Å². The molecule has 2 saturated carbocycles. The zero-order valence-electron chi connectivity index (χ0n) is 19.4. The van der Waals surface area contributed by atoms with Crippen LogP contribution in [-0.2, 0) is 4.79 Å². The standard InChI is InChI=1S/C21H26O2/c1-3-20-11-9-17-16-8-6-15(22)13-14(16)5-7-18(17)19(20)10-12-21(20,23)4-2/h2,10,12-13,16-19,23H,3,5-9,11H2,1H3/t16-,17+,18+,19-,20-,21-/m0/s1/i5D2,6D2,13D,16D. The summed E-state index contributed by atoms with van der Waals surface area (Å²) in [5, 5.41) is 11.1. The number of terminal acetylenes is 1. The van der Waals surface area contributed by atoms with Gasteiger partial charge in [-0.3, -0.25) is 4.79 Å². The number of fused-ring (bicyclic) bond motifs is 5. The predicted molar refractivity (Wildman–Crippen MR) is 90.4 cm³/mol. The minimum atomic E-state index is -2.36. The van der Waals surface area contributed by atoms with Gasteiger partial charge < -0.3 is 5.11 Å². The van der Waals surface area contributed by atoms with Crippen molar-refractivity contribution in [3.05, 3.63) is 23.8 Å². The molecule has 2 heteroatoms. The maximum absolute atomic E-state index is 12.4. The Morgan fingerprint density at radius 3 is 3.04 bits per heavy atom. The highest BCUT2D eigenvalue weighted by atomic mass is 16.3. The first kappa shape index (κ1) is 9.84. The molecule has 23 heavy (non-hydrogen) atoms. The van der Waals surface area contributed by atoms with E-state index < -0.39 is 53.8 Å².